The average Bonchev–Trinajstić information content (AvgIpc) is 2.71. The predicted octanol–water partition coefficient (Wildman–Crippen LogP) is 4.92. The van der Waals surface area contributed by atoms with E-state index in [1.54, 1.807) is 17.0 Å². The van der Waals surface area contributed by atoms with Gasteiger partial charge in [0.25, 0.3) is 5.24 Å². The van der Waals surface area contributed by atoms with Gasteiger partial charge < -0.3 is 15.3 Å². The molecule has 0 saturated carbocycles. The molecule has 0 spiro atoms. The highest BCUT2D eigenvalue weighted by Crippen LogP contribution is 2.30. The first kappa shape index (κ1) is 25.5. The van der Waals surface area contributed by atoms with Gasteiger partial charge >= 0.3 is 12.1 Å². The molecule has 0 unspecified atom stereocenters. The number of anilines is 2. The van der Waals surface area contributed by atoms with E-state index in [1.807, 2.05) is 19.1 Å². The number of carboxylic acid groups (broad SMARTS) is 1. The van der Waals surface area contributed by atoms with Gasteiger partial charge in [-0.15, -0.1) is 0 Å². The fourth-order valence-corrected chi connectivity index (χ4v) is 3.64. The number of alkyl halides is 3. The number of hydrogen-bond donors (Lipinski definition) is 2. The Morgan fingerprint density at radius 1 is 1.25 bits per heavy atom. The number of halogens is 4. The van der Waals surface area contributed by atoms with Gasteiger partial charge in [0, 0.05) is 24.1 Å². The number of thioether (sulfide) groups is 1. The Kier molecular flexibility index (Phi) is 8.90. The minimum atomic E-state index is -5.08. The van der Waals surface area contributed by atoms with E-state index in [2.05, 4.69) is 16.4 Å². The molecule has 2 heterocycles. The van der Waals surface area contributed by atoms with Crippen LogP contribution in [0.15, 0.2) is 36.5 Å². The summed E-state index contributed by atoms with van der Waals surface area (Å²) in [7, 11) is 0. The lowest BCUT2D eigenvalue weighted by atomic mass is 10.0. The summed E-state index contributed by atoms with van der Waals surface area (Å²) < 4.78 is 31.7. The number of nitrogens with one attached hydrogen (secondary N) is 1. The third-order valence-corrected chi connectivity index (χ3v) is 5.23. The number of carboxylic acids is 1. The highest BCUT2D eigenvalue weighted by atomic mass is 35.5. The van der Waals surface area contributed by atoms with Crippen LogP contribution in [0.1, 0.15) is 17.5 Å². The second kappa shape index (κ2) is 11.2. The van der Waals surface area contributed by atoms with Crippen molar-refractivity contribution < 1.29 is 32.7 Å². The van der Waals surface area contributed by atoms with Crippen molar-refractivity contribution in [3.05, 3.63) is 52.8 Å². The van der Waals surface area contributed by atoms with Crippen molar-refractivity contribution in [2.45, 2.75) is 25.9 Å². The summed E-state index contributed by atoms with van der Waals surface area (Å²) in [4.78, 5) is 39.1. The number of pyridine rings is 1. The molecule has 0 fully saturated rings. The molecule has 1 aromatic carbocycles. The van der Waals surface area contributed by atoms with Crippen LogP contribution in [0.3, 0.4) is 0 Å². The summed E-state index contributed by atoms with van der Waals surface area (Å²) in [6, 6.07) is 9.34. The lowest BCUT2D eigenvalue weighted by Gasteiger charge is -2.29. The first-order valence-corrected chi connectivity index (χ1v) is 10.6. The van der Waals surface area contributed by atoms with Crippen LogP contribution in [0.2, 0.25) is 5.15 Å². The van der Waals surface area contributed by atoms with Gasteiger partial charge in [0.05, 0.1) is 5.75 Å². The molecule has 1 aliphatic heterocycles. The van der Waals surface area contributed by atoms with E-state index in [-0.39, 0.29) is 16.9 Å². The van der Waals surface area contributed by atoms with E-state index in [9.17, 15) is 22.8 Å². The van der Waals surface area contributed by atoms with Crippen LogP contribution in [0.25, 0.3) is 0 Å². The monoisotopic (exact) mass is 489 g/mol. The van der Waals surface area contributed by atoms with E-state index >= 15 is 0 Å². The highest BCUT2D eigenvalue weighted by Gasteiger charge is 2.38. The molecule has 0 atom stereocenters. The maximum Gasteiger partial charge on any atom is 0.490 e. The van der Waals surface area contributed by atoms with Gasteiger partial charge in [-0.1, -0.05) is 41.1 Å². The normalized spacial score (nSPS) is 12.8. The average molecular weight is 490 g/mol. The molecule has 1 aliphatic rings. The molecular formula is C20H19ClF3N3O4S. The number of amides is 2. The summed E-state index contributed by atoms with van der Waals surface area (Å²) in [6.45, 7) is 2.73. The van der Waals surface area contributed by atoms with Crippen LogP contribution in [0.5, 0.6) is 0 Å². The second-order valence-electron chi connectivity index (χ2n) is 6.66. The van der Waals surface area contributed by atoms with Gasteiger partial charge in [-0.25, -0.2) is 9.78 Å². The van der Waals surface area contributed by atoms with E-state index < -0.39 is 12.1 Å². The summed E-state index contributed by atoms with van der Waals surface area (Å²) >= 11 is 6.80. The van der Waals surface area contributed by atoms with Crippen LogP contribution < -0.4 is 10.2 Å². The molecule has 2 aromatic rings. The third-order valence-electron chi connectivity index (χ3n) is 4.15. The first-order valence-electron chi connectivity index (χ1n) is 9.22. The molecule has 2 N–H and O–H groups in total. The fourth-order valence-electron chi connectivity index (χ4n) is 2.80. The molecule has 7 nitrogen and oxygen atoms in total. The van der Waals surface area contributed by atoms with Crippen molar-refractivity contribution in [2.24, 2.45) is 0 Å². The van der Waals surface area contributed by atoms with Gasteiger partial charge in [0.2, 0.25) is 5.91 Å². The molecule has 0 radical (unpaired) electrons. The molecular weight excluding hydrogens is 471 g/mol. The molecule has 0 bridgehead atoms. The van der Waals surface area contributed by atoms with Crippen LogP contribution in [0.4, 0.5) is 29.3 Å². The number of nitrogens with zero attached hydrogens (tertiary/aromatic N) is 2. The van der Waals surface area contributed by atoms with E-state index in [0.717, 1.165) is 30.3 Å². The number of carbonyl (C=O) groups is 3. The summed E-state index contributed by atoms with van der Waals surface area (Å²) in [5.41, 5.74) is 3.90. The Balaban J connectivity index is 0.000000451. The summed E-state index contributed by atoms with van der Waals surface area (Å²) in [5, 5.41) is 10.0. The van der Waals surface area contributed by atoms with Crippen molar-refractivity contribution in [3.8, 4) is 0 Å². The maximum absolute atomic E-state index is 12.5. The molecule has 1 aromatic heterocycles. The van der Waals surface area contributed by atoms with Crippen molar-refractivity contribution in [1.82, 2.24) is 4.98 Å². The standard InChI is InChI=1S/C18H18ClN3O2S.C2HF3O2/c1-12-4-5-15-13(9-12)3-2-8-22(15)18(24)25-11-17(23)21-14-6-7-20-16(19)10-14;3-2(4,5)1(6)7/h4-7,9-10H,2-3,8,11H2,1H3,(H,20,21,23);(H,6,7). The summed E-state index contributed by atoms with van der Waals surface area (Å²) in [5.74, 6) is -2.95. The molecule has 32 heavy (non-hydrogen) atoms. The molecule has 2 amide bonds. The number of rotatable bonds is 3. The van der Waals surface area contributed by atoms with Crippen LogP contribution >= 0.6 is 23.4 Å². The predicted molar refractivity (Wildman–Crippen MR) is 116 cm³/mol. The Hall–Kier alpha value is -2.79. The number of aromatic nitrogens is 1. The number of aryl methyl sites for hydroxylation is 2. The second-order valence-corrected chi connectivity index (χ2v) is 7.97. The van der Waals surface area contributed by atoms with Crippen LogP contribution in [0, 0.1) is 6.92 Å². The van der Waals surface area contributed by atoms with Crippen molar-refractivity contribution in [1.29, 1.82) is 0 Å². The maximum atomic E-state index is 12.5. The zero-order valence-electron chi connectivity index (χ0n) is 16.8. The van der Waals surface area contributed by atoms with E-state index in [0.29, 0.717) is 17.4 Å². The quantitative estimate of drug-likeness (QED) is 0.593. The number of carbonyl (C=O) groups excluding carboxylic acids is 2. The minimum Gasteiger partial charge on any atom is -0.475 e. The zero-order valence-corrected chi connectivity index (χ0v) is 18.4. The summed E-state index contributed by atoms with van der Waals surface area (Å²) in [6.07, 6.45) is -1.65. The minimum absolute atomic E-state index is 0.0521. The molecule has 172 valence electrons. The smallest absolute Gasteiger partial charge is 0.475 e. The Morgan fingerprint density at radius 3 is 2.56 bits per heavy atom. The third kappa shape index (κ3) is 7.72. The topological polar surface area (TPSA) is 99.6 Å². The number of fused-ring (bicyclic) bond motifs is 1. The Labute approximate surface area is 191 Å². The highest BCUT2D eigenvalue weighted by molar-refractivity contribution is 8.14. The first-order chi connectivity index (χ1) is 15.0. The molecule has 0 saturated heterocycles. The van der Waals surface area contributed by atoms with Crippen LogP contribution in [-0.4, -0.2) is 45.7 Å². The van der Waals surface area contributed by atoms with Gasteiger partial charge in [-0.3, -0.25) is 9.59 Å². The van der Waals surface area contributed by atoms with Crippen molar-refractivity contribution in [2.75, 3.05) is 22.5 Å². The van der Waals surface area contributed by atoms with Crippen molar-refractivity contribution in [3.63, 3.8) is 0 Å². The fraction of sp³-hybridized carbons (Fsp3) is 0.300. The van der Waals surface area contributed by atoms with Crippen LogP contribution in [-0.2, 0) is 16.0 Å². The Bertz CT molecular complexity index is 1000. The van der Waals surface area contributed by atoms with Gasteiger partial charge in [0.1, 0.15) is 5.15 Å². The van der Waals surface area contributed by atoms with Gasteiger partial charge in [-0.05, 0) is 43.5 Å². The molecule has 0 aliphatic carbocycles. The largest absolute Gasteiger partial charge is 0.490 e. The number of hydrogen-bond acceptors (Lipinski definition) is 5. The van der Waals surface area contributed by atoms with Gasteiger partial charge in [-0.2, -0.15) is 13.2 Å². The van der Waals surface area contributed by atoms with Gasteiger partial charge in [0.15, 0.2) is 0 Å². The number of aliphatic carboxylic acids is 1. The zero-order chi connectivity index (χ0) is 23.9. The lowest BCUT2D eigenvalue weighted by molar-refractivity contribution is -0.192. The van der Waals surface area contributed by atoms with E-state index in [4.69, 9.17) is 21.5 Å². The molecule has 3 rings (SSSR count). The Morgan fingerprint density at radius 2 is 1.94 bits per heavy atom. The number of benzene rings is 1. The SMILES string of the molecule is Cc1ccc2c(c1)CCCN2C(=O)SCC(=O)Nc1ccnc(Cl)c1.O=C(O)C(F)(F)F. The van der Waals surface area contributed by atoms with E-state index in [1.165, 1.54) is 17.3 Å². The lowest BCUT2D eigenvalue weighted by Crippen LogP contribution is -2.33. The van der Waals surface area contributed by atoms with Crippen molar-refractivity contribution >= 4 is 51.9 Å². The molecule has 12 heteroatoms.